The highest BCUT2D eigenvalue weighted by Gasteiger charge is 2.15. The second-order valence-corrected chi connectivity index (χ2v) is 10.9. The fourth-order valence-corrected chi connectivity index (χ4v) is 4.64. The van der Waals surface area contributed by atoms with Crippen molar-refractivity contribution in [2.75, 3.05) is 46.1 Å². The number of aliphatic imine (C=N–C) groups is 1. The van der Waals surface area contributed by atoms with Crippen molar-refractivity contribution in [2.45, 2.75) is 26.6 Å². The van der Waals surface area contributed by atoms with Crippen LogP contribution in [0.25, 0.3) is 0 Å². The Kier molecular flexibility index (Phi) is 16.2. The normalized spacial score (nSPS) is 11.9. The quantitative estimate of drug-likeness (QED) is 0.0822. The summed E-state index contributed by atoms with van der Waals surface area (Å²) in [7, 11) is 0. The number of nitrogens with zero attached hydrogens (tertiary/aromatic N) is 6. The van der Waals surface area contributed by atoms with Crippen LogP contribution in [-0.4, -0.2) is 121 Å². The minimum absolute atomic E-state index is 0.0908. The fraction of sp³-hybridized carbons (Fsp3) is 0.314. The Bertz CT molecular complexity index is 1690. The lowest BCUT2D eigenvalue weighted by Crippen LogP contribution is -2.30. The van der Waals surface area contributed by atoms with Crippen molar-refractivity contribution in [3.63, 3.8) is 0 Å². The predicted octanol–water partition coefficient (Wildman–Crippen LogP) is 3.12. The number of carboxylic acid groups (broad SMARTS) is 4. The van der Waals surface area contributed by atoms with Crippen molar-refractivity contribution in [1.29, 1.82) is 0 Å². The number of hydrogen-bond donors (Lipinski definition) is 4. The van der Waals surface area contributed by atoms with Gasteiger partial charge < -0.3 is 29.9 Å². The van der Waals surface area contributed by atoms with Crippen molar-refractivity contribution in [3.8, 4) is 0 Å². The molecule has 51 heavy (non-hydrogen) atoms. The van der Waals surface area contributed by atoms with Crippen LogP contribution in [0.5, 0.6) is 0 Å². The van der Waals surface area contributed by atoms with E-state index in [1.165, 1.54) is 18.2 Å². The molecule has 0 aliphatic carbocycles. The molecule has 3 heterocycles. The van der Waals surface area contributed by atoms with E-state index in [2.05, 4.69) is 26.5 Å². The molecular formula is C35H40N6O10. The van der Waals surface area contributed by atoms with Crippen LogP contribution in [0.3, 0.4) is 0 Å². The highest BCUT2D eigenvalue weighted by Crippen LogP contribution is 2.11. The molecule has 16 nitrogen and oxygen atoms in total. The smallest absolute Gasteiger partial charge is 0.354 e. The van der Waals surface area contributed by atoms with Crippen LogP contribution in [0.4, 0.5) is 0 Å². The first-order valence-corrected chi connectivity index (χ1v) is 15.8. The molecule has 3 aromatic heterocycles. The summed E-state index contributed by atoms with van der Waals surface area (Å²) in [5.74, 6) is -4.67. The van der Waals surface area contributed by atoms with Gasteiger partial charge in [-0.25, -0.2) is 39.1 Å². The maximum atomic E-state index is 11.5. The summed E-state index contributed by atoms with van der Waals surface area (Å²) in [6, 6.07) is 14.1. The molecule has 16 heteroatoms. The molecule has 0 atom stereocenters. The number of rotatable bonds is 23. The fourth-order valence-electron chi connectivity index (χ4n) is 4.64. The molecule has 3 rings (SSSR count). The average molecular weight is 705 g/mol. The maximum absolute atomic E-state index is 11.5. The summed E-state index contributed by atoms with van der Waals surface area (Å²) in [6.07, 6.45) is 2.83. The van der Waals surface area contributed by atoms with Crippen LogP contribution in [0.2, 0.25) is 0 Å². The summed E-state index contributed by atoms with van der Waals surface area (Å²) in [6.45, 7) is 8.03. The molecule has 4 N–H and O–H groups in total. The summed E-state index contributed by atoms with van der Waals surface area (Å²) < 4.78 is 11.6. The Morgan fingerprint density at radius 3 is 1.47 bits per heavy atom. The molecule has 0 radical (unpaired) electrons. The lowest BCUT2D eigenvalue weighted by Gasteiger charge is -2.23. The molecular weight excluding hydrogens is 664 g/mol. The van der Waals surface area contributed by atoms with E-state index in [0.717, 1.165) is 6.08 Å². The number of pyridine rings is 3. The zero-order valence-electron chi connectivity index (χ0n) is 28.1. The highest BCUT2D eigenvalue weighted by atomic mass is 16.5. The van der Waals surface area contributed by atoms with Crippen LogP contribution in [-0.2, 0) is 33.9 Å². The molecule has 0 aliphatic rings. The molecule has 3 aromatic rings. The second-order valence-electron chi connectivity index (χ2n) is 10.9. The van der Waals surface area contributed by atoms with Gasteiger partial charge in [0, 0.05) is 39.3 Å². The maximum Gasteiger partial charge on any atom is 0.354 e. The zero-order valence-corrected chi connectivity index (χ0v) is 28.1. The average Bonchev–Trinajstić information content (AvgIpc) is 3.11. The van der Waals surface area contributed by atoms with Gasteiger partial charge in [-0.1, -0.05) is 30.9 Å². The number of ether oxygens (including phenoxy) is 2. The summed E-state index contributed by atoms with van der Waals surface area (Å²) in [5, 5.41) is 37.4. The van der Waals surface area contributed by atoms with Gasteiger partial charge in [-0.3, -0.25) is 9.80 Å². The Labute approximate surface area is 294 Å². The van der Waals surface area contributed by atoms with Gasteiger partial charge in [0.1, 0.15) is 22.8 Å². The second kappa shape index (κ2) is 20.7. The number of aromatic carboxylic acids is 3. The van der Waals surface area contributed by atoms with E-state index in [1.54, 1.807) is 49.4 Å². The zero-order chi connectivity index (χ0) is 37.2. The topological polar surface area (TPSA) is 225 Å². The third kappa shape index (κ3) is 14.0. The minimum atomic E-state index is -1.22. The number of aliphatic carboxylic acids is 1. The van der Waals surface area contributed by atoms with E-state index in [9.17, 15) is 39.6 Å². The van der Waals surface area contributed by atoms with Crippen molar-refractivity contribution in [2.24, 2.45) is 4.99 Å². The molecule has 0 aromatic carbocycles. The molecule has 0 saturated carbocycles. The molecule has 0 spiro atoms. The Hall–Kier alpha value is -5.68. The number of allylic oxidation sites excluding steroid dienone is 1. The van der Waals surface area contributed by atoms with Gasteiger partial charge in [0.25, 0.3) is 0 Å². The predicted molar refractivity (Wildman–Crippen MR) is 184 cm³/mol. The third-order valence-electron chi connectivity index (χ3n) is 7.11. The molecule has 0 fully saturated rings. The van der Waals surface area contributed by atoms with Crippen molar-refractivity contribution < 1.29 is 49.1 Å². The van der Waals surface area contributed by atoms with E-state index in [0.29, 0.717) is 35.9 Å². The first-order chi connectivity index (χ1) is 24.5. The molecule has 0 unspecified atom stereocenters. The van der Waals surface area contributed by atoms with Crippen LogP contribution in [0.1, 0.15) is 55.5 Å². The van der Waals surface area contributed by atoms with E-state index in [1.807, 2.05) is 9.80 Å². The molecule has 0 amide bonds. The number of hydrogen-bond acceptors (Lipinski definition) is 12. The van der Waals surface area contributed by atoms with Crippen molar-refractivity contribution in [3.05, 3.63) is 113 Å². The molecule has 270 valence electrons. The Morgan fingerprint density at radius 2 is 1.10 bits per heavy atom. The number of carbonyl (C=O) groups is 4. The Balaban J connectivity index is 1.57. The summed E-state index contributed by atoms with van der Waals surface area (Å²) >= 11 is 0. The van der Waals surface area contributed by atoms with Gasteiger partial charge in [-0.2, -0.15) is 0 Å². The van der Waals surface area contributed by atoms with Gasteiger partial charge in [-0.05, 0) is 49.4 Å². The van der Waals surface area contributed by atoms with Gasteiger partial charge in [0.15, 0.2) is 0 Å². The summed E-state index contributed by atoms with van der Waals surface area (Å²) in [5.41, 5.74) is 1.49. The largest absolute Gasteiger partial charge is 0.477 e. The van der Waals surface area contributed by atoms with Gasteiger partial charge >= 0.3 is 23.9 Å². The van der Waals surface area contributed by atoms with E-state index < -0.39 is 23.9 Å². The van der Waals surface area contributed by atoms with Gasteiger partial charge in [0.05, 0.1) is 49.2 Å². The van der Waals surface area contributed by atoms with Crippen molar-refractivity contribution >= 4 is 29.6 Å². The first kappa shape index (κ1) is 39.8. The van der Waals surface area contributed by atoms with Gasteiger partial charge in [0.2, 0.25) is 0 Å². The first-order valence-electron chi connectivity index (χ1n) is 15.8. The van der Waals surface area contributed by atoms with Crippen molar-refractivity contribution in [1.82, 2.24) is 24.8 Å². The number of aromatic nitrogens is 3. The Morgan fingerprint density at radius 1 is 0.686 bits per heavy atom. The standard InChI is InChI=1S/C35H40N6O10/c1-3-24(36-28(4-2)32(42)43)20-40(21-25-8-5-11-29(37-25)33(44)45)14-16-50-18-19-51-17-15-41(22-26-9-6-12-30(38-26)34(46)47)23-27-10-7-13-31(39-27)35(48)49/h3-13H,2,14-23H2,1H3,(H,42,43)(H,44,45)(H,46,47)(H,48,49)/b24-3-,36-28?. The number of carboxylic acids is 4. The third-order valence-corrected chi connectivity index (χ3v) is 7.11. The summed E-state index contributed by atoms with van der Waals surface area (Å²) in [4.78, 5) is 66.3. The van der Waals surface area contributed by atoms with Crippen LogP contribution < -0.4 is 0 Å². The highest BCUT2D eigenvalue weighted by molar-refractivity contribution is 6.40. The molecule has 0 saturated heterocycles. The van der Waals surface area contributed by atoms with Gasteiger partial charge in [-0.15, -0.1) is 0 Å². The molecule has 0 bridgehead atoms. The lowest BCUT2D eigenvalue weighted by atomic mass is 10.2. The van der Waals surface area contributed by atoms with E-state index in [-0.39, 0.29) is 75.4 Å². The SMILES string of the molecule is C=CC(=N/C(=C\C)CN(CCOCCOCCN(Cc1cccc(C(=O)O)n1)Cc1cccc(C(=O)O)n1)Cc1cccc(C(=O)O)n1)C(=O)O. The van der Waals surface area contributed by atoms with E-state index in [4.69, 9.17) is 9.47 Å². The van der Waals surface area contributed by atoms with Crippen LogP contribution in [0, 0.1) is 0 Å². The minimum Gasteiger partial charge on any atom is -0.477 e. The van der Waals surface area contributed by atoms with E-state index >= 15 is 0 Å². The lowest BCUT2D eigenvalue weighted by molar-refractivity contribution is -0.129. The van der Waals surface area contributed by atoms with Crippen LogP contribution >= 0.6 is 0 Å². The van der Waals surface area contributed by atoms with Crippen LogP contribution in [0.15, 0.2) is 84.0 Å². The monoisotopic (exact) mass is 704 g/mol. The molecule has 0 aliphatic heterocycles.